The number of aliphatic hydroxyl groups excluding tert-OH is 1. The predicted molar refractivity (Wildman–Crippen MR) is 76.4 cm³/mol. The van der Waals surface area contributed by atoms with Crippen LogP contribution < -0.4 is 5.32 Å². The second kappa shape index (κ2) is 5.07. The molecule has 0 bridgehead atoms. The average Bonchev–Trinajstić information content (AvgIpc) is 2.79. The van der Waals surface area contributed by atoms with Gasteiger partial charge in [0.05, 0.1) is 11.4 Å². The summed E-state index contributed by atoms with van der Waals surface area (Å²) in [6.07, 6.45) is 1.08. The van der Waals surface area contributed by atoms with Crippen LogP contribution >= 0.6 is 11.8 Å². The van der Waals surface area contributed by atoms with Crippen LogP contribution in [0.2, 0.25) is 0 Å². The fourth-order valence-electron chi connectivity index (χ4n) is 2.01. The first-order valence-corrected chi connectivity index (χ1v) is 6.83. The highest BCUT2D eigenvalue weighted by molar-refractivity contribution is 8.15. The van der Waals surface area contributed by atoms with Gasteiger partial charge in [-0.3, -0.25) is 4.79 Å². The van der Waals surface area contributed by atoms with Crippen molar-refractivity contribution in [3.8, 4) is 6.07 Å². The fraction of sp³-hybridized carbons (Fsp3) is 0.0714. The molecule has 0 aliphatic carbocycles. The largest absolute Gasteiger partial charge is 0.510 e. The smallest absolute Gasteiger partial charge is 0.251 e. The van der Waals surface area contributed by atoms with E-state index >= 15 is 0 Å². The molecule has 1 aromatic carbocycles. The molecule has 2 aliphatic rings. The number of nitrogens with one attached hydrogen (secondary N) is 1. The number of aliphatic imine (C=N–C) groups is 1. The number of fused-ring (bicyclic) bond motifs is 1. The van der Waals surface area contributed by atoms with E-state index in [-0.39, 0.29) is 17.1 Å². The molecule has 1 unspecified atom stereocenters. The molecule has 1 amide bonds. The summed E-state index contributed by atoms with van der Waals surface area (Å²) >= 11 is 1.16. The minimum Gasteiger partial charge on any atom is -0.510 e. The normalized spacial score (nSPS) is 22.7. The van der Waals surface area contributed by atoms with Gasteiger partial charge in [0.2, 0.25) is 0 Å². The summed E-state index contributed by atoms with van der Waals surface area (Å²) in [6, 6.07) is 7.49. The number of amides is 1. The van der Waals surface area contributed by atoms with Crippen LogP contribution in [0.3, 0.4) is 0 Å². The lowest BCUT2D eigenvalue weighted by Crippen LogP contribution is -2.32. The van der Waals surface area contributed by atoms with Gasteiger partial charge < -0.3 is 10.4 Å². The quantitative estimate of drug-likeness (QED) is 0.833. The zero-order valence-electron chi connectivity index (χ0n) is 10.5. The number of nitriles is 1. The summed E-state index contributed by atoms with van der Waals surface area (Å²) in [7, 11) is 0. The van der Waals surface area contributed by atoms with Gasteiger partial charge >= 0.3 is 0 Å². The number of aliphatic hydroxyl groups is 1. The molecule has 0 fully saturated rings. The molecule has 0 saturated carbocycles. The summed E-state index contributed by atoms with van der Waals surface area (Å²) in [5, 5.41) is 21.5. The molecule has 5 nitrogen and oxygen atoms in total. The second-order valence-electron chi connectivity index (χ2n) is 4.35. The van der Waals surface area contributed by atoms with E-state index in [1.807, 2.05) is 6.07 Å². The summed E-state index contributed by atoms with van der Waals surface area (Å²) in [5.74, 6) is -0.968. The van der Waals surface area contributed by atoms with Crippen LogP contribution in [0.15, 0.2) is 52.4 Å². The lowest BCUT2D eigenvalue weighted by molar-refractivity contribution is -0.116. The summed E-state index contributed by atoms with van der Waals surface area (Å²) in [5.41, 5.74) is 1.04. The van der Waals surface area contributed by atoms with Crippen LogP contribution in [0, 0.1) is 17.1 Å². The lowest BCUT2D eigenvalue weighted by atomic mass is 10.1. The maximum Gasteiger partial charge on any atom is 0.251 e. The summed E-state index contributed by atoms with van der Waals surface area (Å²) in [6.45, 7) is 0. The molecular formula is C14H8FN3O2S. The molecule has 3 rings (SSSR count). The Kier molecular flexibility index (Phi) is 3.23. The number of hydrogen-bond acceptors (Lipinski definition) is 5. The lowest BCUT2D eigenvalue weighted by Gasteiger charge is -2.17. The van der Waals surface area contributed by atoms with Gasteiger partial charge in [-0.25, -0.2) is 9.38 Å². The van der Waals surface area contributed by atoms with Gasteiger partial charge in [0.1, 0.15) is 33.5 Å². The van der Waals surface area contributed by atoms with E-state index in [0.717, 1.165) is 17.8 Å². The molecule has 104 valence electrons. The van der Waals surface area contributed by atoms with Crippen molar-refractivity contribution in [2.24, 2.45) is 4.99 Å². The van der Waals surface area contributed by atoms with Gasteiger partial charge in [0.25, 0.3) is 5.91 Å². The number of benzene rings is 1. The zero-order valence-corrected chi connectivity index (χ0v) is 11.3. The van der Waals surface area contributed by atoms with Crippen molar-refractivity contribution in [2.75, 3.05) is 0 Å². The number of carbonyl (C=O) groups is 1. The summed E-state index contributed by atoms with van der Waals surface area (Å²) < 4.78 is 12.9. The topological polar surface area (TPSA) is 85.5 Å². The molecule has 1 aromatic rings. The Balaban J connectivity index is 2.03. The van der Waals surface area contributed by atoms with Gasteiger partial charge in [-0.2, -0.15) is 5.26 Å². The van der Waals surface area contributed by atoms with Crippen LogP contribution in [0.4, 0.5) is 10.1 Å². The second-order valence-corrected chi connectivity index (χ2v) is 5.44. The van der Waals surface area contributed by atoms with Crippen LogP contribution in [-0.4, -0.2) is 21.3 Å². The Bertz CT molecular complexity index is 759. The Morgan fingerprint density at radius 1 is 1.38 bits per heavy atom. The molecular weight excluding hydrogens is 293 g/mol. The Labute approximate surface area is 123 Å². The molecule has 1 atom stereocenters. The number of rotatable bonds is 1. The van der Waals surface area contributed by atoms with Gasteiger partial charge in [-0.05, 0) is 24.3 Å². The Morgan fingerprint density at radius 3 is 2.76 bits per heavy atom. The van der Waals surface area contributed by atoms with Crippen LogP contribution in [0.1, 0.15) is 0 Å². The van der Waals surface area contributed by atoms with E-state index in [2.05, 4.69) is 10.3 Å². The third kappa shape index (κ3) is 2.41. The van der Waals surface area contributed by atoms with Crippen molar-refractivity contribution in [1.82, 2.24) is 5.32 Å². The maximum absolute atomic E-state index is 12.9. The van der Waals surface area contributed by atoms with Gasteiger partial charge in [0, 0.05) is 6.08 Å². The van der Waals surface area contributed by atoms with Crippen LogP contribution in [0.5, 0.6) is 0 Å². The zero-order chi connectivity index (χ0) is 15.0. The number of nitrogens with zero attached hydrogens (tertiary/aromatic N) is 2. The van der Waals surface area contributed by atoms with E-state index in [1.54, 1.807) is 0 Å². The molecule has 0 radical (unpaired) electrons. The molecule has 0 spiro atoms. The fourth-order valence-corrected chi connectivity index (χ4v) is 3.15. The van der Waals surface area contributed by atoms with E-state index in [1.165, 1.54) is 24.3 Å². The van der Waals surface area contributed by atoms with Crippen molar-refractivity contribution >= 4 is 28.4 Å². The van der Waals surface area contributed by atoms with Crippen molar-refractivity contribution < 1.29 is 14.3 Å². The molecule has 0 aromatic heterocycles. The van der Waals surface area contributed by atoms with Crippen molar-refractivity contribution in [1.29, 1.82) is 5.26 Å². The number of hydrogen-bond donors (Lipinski definition) is 2. The van der Waals surface area contributed by atoms with Gasteiger partial charge in [0.15, 0.2) is 0 Å². The monoisotopic (exact) mass is 301 g/mol. The van der Waals surface area contributed by atoms with Gasteiger partial charge in [-0.15, -0.1) is 0 Å². The third-order valence-corrected chi connectivity index (χ3v) is 4.18. The molecule has 2 heterocycles. The first-order chi connectivity index (χ1) is 10.1. The third-order valence-electron chi connectivity index (χ3n) is 2.95. The van der Waals surface area contributed by atoms with E-state index in [9.17, 15) is 19.6 Å². The minimum absolute atomic E-state index is 0.115. The highest BCUT2D eigenvalue weighted by atomic mass is 32.2. The van der Waals surface area contributed by atoms with E-state index < -0.39 is 11.2 Å². The molecule has 0 saturated heterocycles. The number of carbonyl (C=O) groups excluding carboxylic acids is 1. The SMILES string of the molecule is N#CC1=C2NC(=O)C=C(O)C2SC1=Nc1ccc(F)cc1. The predicted octanol–water partition coefficient (Wildman–Crippen LogP) is 2.32. The first kappa shape index (κ1) is 13.4. The Hall–Kier alpha value is -2.59. The number of thioether (sulfide) groups is 1. The van der Waals surface area contributed by atoms with E-state index in [4.69, 9.17) is 0 Å². The first-order valence-electron chi connectivity index (χ1n) is 5.95. The van der Waals surface area contributed by atoms with E-state index in [0.29, 0.717) is 16.4 Å². The average molecular weight is 301 g/mol. The van der Waals surface area contributed by atoms with Gasteiger partial charge in [-0.1, -0.05) is 11.8 Å². The minimum atomic E-state index is -0.531. The molecule has 21 heavy (non-hydrogen) atoms. The van der Waals surface area contributed by atoms with Crippen molar-refractivity contribution in [2.45, 2.75) is 5.25 Å². The summed E-state index contributed by atoms with van der Waals surface area (Å²) in [4.78, 5) is 15.7. The Morgan fingerprint density at radius 2 is 2.10 bits per heavy atom. The highest BCUT2D eigenvalue weighted by Crippen LogP contribution is 2.39. The standard InChI is InChI=1S/C14H8FN3O2S/c15-7-1-3-8(4-2-7)17-14-9(6-16)12-13(21-14)10(19)5-11(20)18-12/h1-5,13,19H,(H,18,20). The number of halogens is 1. The molecule has 7 heteroatoms. The molecule has 2 N–H and O–H groups in total. The highest BCUT2D eigenvalue weighted by Gasteiger charge is 2.38. The van der Waals surface area contributed by atoms with Crippen LogP contribution in [0.25, 0.3) is 0 Å². The molecule has 2 aliphatic heterocycles. The van der Waals surface area contributed by atoms with Crippen molar-refractivity contribution in [3.05, 3.63) is 53.2 Å². The maximum atomic E-state index is 12.9. The van der Waals surface area contributed by atoms with Crippen molar-refractivity contribution in [3.63, 3.8) is 0 Å². The van der Waals surface area contributed by atoms with Crippen LogP contribution in [-0.2, 0) is 4.79 Å².